The molecule has 0 heterocycles. The fourth-order valence-corrected chi connectivity index (χ4v) is 2.84. The molecule has 2 N–H and O–H groups in total. The lowest BCUT2D eigenvalue weighted by atomic mass is 9.81. The van der Waals surface area contributed by atoms with Gasteiger partial charge >= 0.3 is 5.97 Å². The summed E-state index contributed by atoms with van der Waals surface area (Å²) < 4.78 is 0. The van der Waals surface area contributed by atoms with Crippen molar-refractivity contribution in [3.63, 3.8) is 0 Å². The first kappa shape index (κ1) is 12.4. The second-order valence-corrected chi connectivity index (χ2v) is 5.07. The van der Waals surface area contributed by atoms with E-state index in [9.17, 15) is 15.0 Å². The molecule has 2 rings (SSSR count). The van der Waals surface area contributed by atoms with Gasteiger partial charge in [0.15, 0.2) is 0 Å². The molecule has 0 spiro atoms. The highest BCUT2D eigenvalue weighted by atomic mass is 35.5. The van der Waals surface area contributed by atoms with Crippen LogP contribution in [0.4, 0.5) is 0 Å². The fraction of sp³-hybridized carbons (Fsp3) is 0.462. The first-order valence-corrected chi connectivity index (χ1v) is 6.11. The minimum Gasteiger partial charge on any atom is -0.481 e. The Bertz CT molecular complexity index is 424. The average molecular weight is 255 g/mol. The molecule has 1 aliphatic carbocycles. The lowest BCUT2D eigenvalue weighted by molar-refractivity contribution is -0.145. The Balaban J connectivity index is 2.39. The summed E-state index contributed by atoms with van der Waals surface area (Å²) in [5.41, 5.74) is -0.550. The fourth-order valence-electron chi connectivity index (χ4n) is 2.64. The van der Waals surface area contributed by atoms with Gasteiger partial charge < -0.3 is 10.2 Å². The van der Waals surface area contributed by atoms with Crippen LogP contribution in [0.25, 0.3) is 0 Å². The first-order valence-electron chi connectivity index (χ1n) is 5.73. The maximum atomic E-state index is 11.4. The van der Waals surface area contributed by atoms with E-state index < -0.39 is 17.5 Å². The number of benzene rings is 1. The topological polar surface area (TPSA) is 57.5 Å². The maximum absolute atomic E-state index is 11.4. The number of aliphatic hydroxyl groups is 1. The van der Waals surface area contributed by atoms with Crippen LogP contribution in [-0.2, 0) is 4.79 Å². The summed E-state index contributed by atoms with van der Waals surface area (Å²) in [7, 11) is 0. The first-order chi connectivity index (χ1) is 8.03. The van der Waals surface area contributed by atoms with Crippen LogP contribution in [-0.4, -0.2) is 21.8 Å². The zero-order valence-electron chi connectivity index (χ0n) is 9.40. The van der Waals surface area contributed by atoms with Crippen LogP contribution >= 0.6 is 11.6 Å². The molecule has 3 nitrogen and oxygen atoms in total. The predicted octanol–water partition coefficient (Wildman–Crippen LogP) is 2.81. The van der Waals surface area contributed by atoms with Crippen molar-refractivity contribution in [2.45, 2.75) is 37.2 Å². The number of hydrogen-bond donors (Lipinski definition) is 2. The largest absolute Gasteiger partial charge is 0.481 e. The minimum atomic E-state index is -1.13. The number of carboxylic acids is 1. The Morgan fingerprint density at radius 3 is 2.53 bits per heavy atom. The molecule has 17 heavy (non-hydrogen) atoms. The van der Waals surface area contributed by atoms with E-state index in [2.05, 4.69) is 0 Å². The van der Waals surface area contributed by atoms with E-state index in [1.807, 2.05) is 0 Å². The van der Waals surface area contributed by atoms with E-state index in [4.69, 9.17) is 11.6 Å². The Labute approximate surface area is 105 Å². The molecule has 1 aliphatic rings. The van der Waals surface area contributed by atoms with Crippen LogP contribution in [0.1, 0.15) is 37.2 Å². The van der Waals surface area contributed by atoms with Gasteiger partial charge in [0, 0.05) is 5.02 Å². The number of hydrogen-bond acceptors (Lipinski definition) is 2. The average Bonchev–Trinajstić information content (AvgIpc) is 2.65. The van der Waals surface area contributed by atoms with Crippen LogP contribution in [0.3, 0.4) is 0 Å². The van der Waals surface area contributed by atoms with Crippen LogP contribution in [0.5, 0.6) is 0 Å². The zero-order valence-corrected chi connectivity index (χ0v) is 10.2. The van der Waals surface area contributed by atoms with Gasteiger partial charge in [0.1, 0.15) is 5.92 Å². The van der Waals surface area contributed by atoms with Gasteiger partial charge in [0.25, 0.3) is 0 Å². The second kappa shape index (κ2) is 4.67. The molecule has 0 radical (unpaired) electrons. The molecule has 4 heteroatoms. The highest BCUT2D eigenvalue weighted by Crippen LogP contribution is 2.41. The molecule has 1 saturated carbocycles. The highest BCUT2D eigenvalue weighted by Gasteiger charge is 2.44. The Kier molecular flexibility index (Phi) is 3.40. The minimum absolute atomic E-state index is 0.496. The molecule has 0 unspecified atom stereocenters. The quantitative estimate of drug-likeness (QED) is 0.872. The summed E-state index contributed by atoms with van der Waals surface area (Å²) >= 11 is 5.87. The van der Waals surface area contributed by atoms with E-state index in [0.29, 0.717) is 23.4 Å². The molecule has 1 aromatic carbocycles. The summed E-state index contributed by atoms with van der Waals surface area (Å²) in [5.74, 6) is -1.87. The van der Waals surface area contributed by atoms with E-state index in [1.54, 1.807) is 24.3 Å². The summed E-state index contributed by atoms with van der Waals surface area (Å²) in [5, 5.41) is 20.3. The lowest BCUT2D eigenvalue weighted by Crippen LogP contribution is -2.38. The van der Waals surface area contributed by atoms with Crippen LogP contribution < -0.4 is 0 Å². The molecule has 0 amide bonds. The van der Waals surface area contributed by atoms with Gasteiger partial charge in [-0.05, 0) is 30.5 Å². The van der Waals surface area contributed by atoms with Gasteiger partial charge in [0.05, 0.1) is 5.60 Å². The smallest absolute Gasteiger partial charge is 0.313 e. The summed E-state index contributed by atoms with van der Waals surface area (Å²) in [6.45, 7) is 0. The van der Waals surface area contributed by atoms with Gasteiger partial charge in [-0.25, -0.2) is 0 Å². The second-order valence-electron chi connectivity index (χ2n) is 4.64. The molecule has 1 fully saturated rings. The van der Waals surface area contributed by atoms with Crippen molar-refractivity contribution in [1.82, 2.24) is 0 Å². The monoisotopic (exact) mass is 254 g/mol. The van der Waals surface area contributed by atoms with Gasteiger partial charge in [-0.15, -0.1) is 0 Å². The van der Waals surface area contributed by atoms with E-state index >= 15 is 0 Å². The van der Waals surface area contributed by atoms with Crippen LogP contribution in [0, 0.1) is 0 Å². The van der Waals surface area contributed by atoms with Gasteiger partial charge in [0.2, 0.25) is 0 Å². The Hall–Kier alpha value is -1.06. The summed E-state index contributed by atoms with van der Waals surface area (Å²) in [6, 6.07) is 6.74. The van der Waals surface area contributed by atoms with Crippen LogP contribution in [0.2, 0.25) is 5.02 Å². The van der Waals surface area contributed by atoms with Crippen molar-refractivity contribution in [3.05, 3.63) is 34.9 Å². The van der Waals surface area contributed by atoms with Gasteiger partial charge in [-0.2, -0.15) is 0 Å². The lowest BCUT2D eigenvalue weighted by Gasteiger charge is -2.29. The summed E-state index contributed by atoms with van der Waals surface area (Å²) in [6.07, 6.45) is 2.83. The molecule has 1 aromatic rings. The van der Waals surface area contributed by atoms with Crippen molar-refractivity contribution in [2.75, 3.05) is 0 Å². The van der Waals surface area contributed by atoms with E-state index in [-0.39, 0.29) is 0 Å². The normalized spacial score (nSPS) is 20.1. The van der Waals surface area contributed by atoms with E-state index in [0.717, 1.165) is 12.8 Å². The van der Waals surface area contributed by atoms with E-state index in [1.165, 1.54) is 0 Å². The SMILES string of the molecule is O=C(O)[C@@H](c1cccc(Cl)c1)C1(O)CCCC1. The molecule has 0 aromatic heterocycles. The summed E-state index contributed by atoms with van der Waals surface area (Å²) in [4.78, 5) is 11.4. The predicted molar refractivity (Wildman–Crippen MR) is 65.2 cm³/mol. The number of halogens is 1. The number of rotatable bonds is 3. The van der Waals surface area contributed by atoms with Crippen molar-refractivity contribution in [3.8, 4) is 0 Å². The van der Waals surface area contributed by atoms with Gasteiger partial charge in [-0.3, -0.25) is 4.79 Å². The Morgan fingerprint density at radius 1 is 1.35 bits per heavy atom. The standard InChI is InChI=1S/C13H15ClO3/c14-10-5-3-4-9(8-10)11(12(15)16)13(17)6-1-2-7-13/h3-5,8,11,17H,1-2,6-7H2,(H,15,16)/t11-/m1/s1. The zero-order chi connectivity index (χ0) is 12.5. The van der Waals surface area contributed by atoms with Crippen LogP contribution in [0.15, 0.2) is 24.3 Å². The molecular weight excluding hydrogens is 240 g/mol. The molecule has 1 atom stereocenters. The number of carboxylic acid groups (broad SMARTS) is 1. The van der Waals surface area contributed by atoms with Crippen molar-refractivity contribution >= 4 is 17.6 Å². The van der Waals surface area contributed by atoms with Gasteiger partial charge in [-0.1, -0.05) is 36.6 Å². The van der Waals surface area contributed by atoms with Crippen molar-refractivity contribution in [2.24, 2.45) is 0 Å². The molecule has 0 bridgehead atoms. The third kappa shape index (κ3) is 2.45. The molecule has 0 saturated heterocycles. The maximum Gasteiger partial charge on any atom is 0.313 e. The van der Waals surface area contributed by atoms with Crippen molar-refractivity contribution in [1.29, 1.82) is 0 Å². The Morgan fingerprint density at radius 2 is 2.00 bits per heavy atom. The highest BCUT2D eigenvalue weighted by molar-refractivity contribution is 6.30. The third-order valence-electron chi connectivity index (χ3n) is 3.44. The molecular formula is C13H15ClO3. The molecule has 92 valence electrons. The number of carbonyl (C=O) groups is 1. The third-order valence-corrected chi connectivity index (χ3v) is 3.67. The van der Waals surface area contributed by atoms with Crippen molar-refractivity contribution < 1.29 is 15.0 Å². The molecule has 0 aliphatic heterocycles. The number of aliphatic carboxylic acids is 1.